The molecule has 0 heterocycles. The monoisotopic (exact) mass is 255 g/mol. The molecule has 0 aliphatic heterocycles. The minimum Gasteiger partial charge on any atom is -0.481 e. The molecule has 0 unspecified atom stereocenters. The van der Waals surface area contributed by atoms with E-state index >= 15 is 0 Å². The van der Waals surface area contributed by atoms with Gasteiger partial charge < -0.3 is 15.5 Å². The predicted octanol–water partition coefficient (Wildman–Crippen LogP) is 0.483. The molecule has 1 atom stereocenters. The Hall–Kier alpha value is -2.44. The molecule has 0 aliphatic carbocycles. The van der Waals surface area contributed by atoms with Crippen molar-refractivity contribution in [3.63, 3.8) is 0 Å². The maximum Gasteiger partial charge on any atom is 0.326 e. The van der Waals surface area contributed by atoms with E-state index in [0.717, 1.165) is 6.07 Å². The highest BCUT2D eigenvalue weighted by Crippen LogP contribution is 2.07. The average Bonchev–Trinajstić information content (AvgIpc) is 2.27. The van der Waals surface area contributed by atoms with Gasteiger partial charge in [0.05, 0.1) is 12.0 Å². The number of aliphatic carboxylic acids is 2. The number of carboxylic acid groups (broad SMARTS) is 2. The van der Waals surface area contributed by atoms with Gasteiger partial charge in [0, 0.05) is 0 Å². The molecule has 1 rings (SSSR count). The summed E-state index contributed by atoms with van der Waals surface area (Å²) in [5.74, 6) is -4.66. The molecule has 3 N–H and O–H groups in total. The van der Waals surface area contributed by atoms with Crippen LogP contribution >= 0.6 is 0 Å². The van der Waals surface area contributed by atoms with Crippen LogP contribution in [0.25, 0.3) is 0 Å². The van der Waals surface area contributed by atoms with Gasteiger partial charge in [-0.05, 0) is 12.1 Å². The van der Waals surface area contributed by atoms with Crippen molar-refractivity contribution in [3.05, 3.63) is 35.6 Å². The van der Waals surface area contributed by atoms with Crippen LogP contribution < -0.4 is 5.32 Å². The maximum atomic E-state index is 13.2. The second kappa shape index (κ2) is 5.76. The maximum absolute atomic E-state index is 13.2. The molecule has 18 heavy (non-hydrogen) atoms. The summed E-state index contributed by atoms with van der Waals surface area (Å²) in [5.41, 5.74) is -0.339. The molecule has 7 heteroatoms. The number of hydrogen-bond donors (Lipinski definition) is 3. The van der Waals surface area contributed by atoms with Gasteiger partial charge in [0.2, 0.25) is 0 Å². The average molecular weight is 255 g/mol. The lowest BCUT2D eigenvalue weighted by Crippen LogP contribution is -2.42. The fourth-order valence-electron chi connectivity index (χ4n) is 1.26. The Bertz CT molecular complexity index is 488. The van der Waals surface area contributed by atoms with Gasteiger partial charge >= 0.3 is 11.9 Å². The van der Waals surface area contributed by atoms with Gasteiger partial charge in [0.1, 0.15) is 11.9 Å². The SMILES string of the molecule is O=C(O)C[C@@H](NC(=O)c1ccccc1F)C(=O)O. The molecule has 0 saturated heterocycles. The topological polar surface area (TPSA) is 104 Å². The van der Waals surface area contributed by atoms with Gasteiger partial charge in [-0.2, -0.15) is 0 Å². The third-order valence-electron chi connectivity index (χ3n) is 2.10. The van der Waals surface area contributed by atoms with Crippen molar-refractivity contribution >= 4 is 17.8 Å². The van der Waals surface area contributed by atoms with Crippen LogP contribution in [-0.4, -0.2) is 34.1 Å². The summed E-state index contributed by atoms with van der Waals surface area (Å²) in [6.07, 6.45) is -0.782. The molecule has 1 amide bonds. The fraction of sp³-hybridized carbons (Fsp3) is 0.182. The van der Waals surface area contributed by atoms with Crippen molar-refractivity contribution < 1.29 is 29.0 Å². The Morgan fingerprint density at radius 3 is 2.33 bits per heavy atom. The van der Waals surface area contributed by atoms with Gasteiger partial charge in [-0.25, -0.2) is 9.18 Å². The highest BCUT2D eigenvalue weighted by molar-refractivity contribution is 5.97. The zero-order valence-electron chi connectivity index (χ0n) is 9.09. The van der Waals surface area contributed by atoms with Crippen LogP contribution in [0.2, 0.25) is 0 Å². The van der Waals surface area contributed by atoms with Crippen LogP contribution in [-0.2, 0) is 9.59 Å². The molecule has 0 fully saturated rings. The Kier molecular flexibility index (Phi) is 4.36. The third kappa shape index (κ3) is 3.55. The highest BCUT2D eigenvalue weighted by Gasteiger charge is 2.24. The lowest BCUT2D eigenvalue weighted by atomic mass is 10.1. The van der Waals surface area contributed by atoms with E-state index in [9.17, 15) is 18.8 Å². The summed E-state index contributed by atoms with van der Waals surface area (Å²) in [6.45, 7) is 0. The van der Waals surface area contributed by atoms with Gasteiger partial charge in [-0.3, -0.25) is 9.59 Å². The molecule has 0 spiro atoms. The van der Waals surface area contributed by atoms with E-state index in [0.29, 0.717) is 0 Å². The number of carbonyl (C=O) groups is 3. The standard InChI is InChI=1S/C11H10FNO5/c12-7-4-2-1-3-6(7)10(16)13-8(11(17)18)5-9(14)15/h1-4,8H,5H2,(H,13,16)(H,14,15)(H,17,18)/t8-/m1/s1. The summed E-state index contributed by atoms with van der Waals surface area (Å²) >= 11 is 0. The van der Waals surface area contributed by atoms with E-state index in [-0.39, 0.29) is 5.56 Å². The van der Waals surface area contributed by atoms with Crippen LogP contribution in [0.15, 0.2) is 24.3 Å². The van der Waals surface area contributed by atoms with Gasteiger partial charge in [-0.15, -0.1) is 0 Å². The molecule has 96 valence electrons. The van der Waals surface area contributed by atoms with Crippen molar-refractivity contribution in [2.45, 2.75) is 12.5 Å². The molecule has 1 aromatic rings. The number of amides is 1. The number of benzene rings is 1. The molecule has 0 radical (unpaired) electrons. The van der Waals surface area contributed by atoms with E-state index in [4.69, 9.17) is 10.2 Å². The molecule has 0 bridgehead atoms. The van der Waals surface area contributed by atoms with E-state index in [1.165, 1.54) is 18.2 Å². The molecular formula is C11H10FNO5. The quantitative estimate of drug-likeness (QED) is 0.710. The Morgan fingerprint density at radius 1 is 1.22 bits per heavy atom. The number of nitrogens with one attached hydrogen (secondary N) is 1. The minimum atomic E-state index is -1.60. The second-order valence-electron chi connectivity index (χ2n) is 3.44. The van der Waals surface area contributed by atoms with Crippen molar-refractivity contribution in [2.75, 3.05) is 0 Å². The molecule has 0 aromatic heterocycles. The first-order chi connectivity index (χ1) is 8.41. The molecule has 0 saturated carbocycles. The summed E-state index contributed by atoms with van der Waals surface area (Å²) in [7, 11) is 0. The van der Waals surface area contributed by atoms with Gasteiger partial charge in [0.15, 0.2) is 0 Å². The van der Waals surface area contributed by atoms with Crippen LogP contribution in [0.3, 0.4) is 0 Å². The number of hydrogen-bond acceptors (Lipinski definition) is 3. The molecule has 1 aromatic carbocycles. The Morgan fingerprint density at radius 2 is 1.83 bits per heavy atom. The number of halogens is 1. The number of carbonyl (C=O) groups excluding carboxylic acids is 1. The first-order valence-corrected chi connectivity index (χ1v) is 4.92. The van der Waals surface area contributed by atoms with Crippen molar-refractivity contribution in [3.8, 4) is 0 Å². The van der Waals surface area contributed by atoms with Gasteiger partial charge in [0.25, 0.3) is 5.91 Å². The highest BCUT2D eigenvalue weighted by atomic mass is 19.1. The zero-order valence-corrected chi connectivity index (χ0v) is 9.09. The summed E-state index contributed by atoms with van der Waals surface area (Å²) in [4.78, 5) is 32.7. The molecule has 6 nitrogen and oxygen atoms in total. The van der Waals surface area contributed by atoms with Crippen LogP contribution in [0.1, 0.15) is 16.8 Å². The summed E-state index contributed by atoms with van der Waals surface area (Å²) < 4.78 is 13.2. The Balaban J connectivity index is 2.82. The smallest absolute Gasteiger partial charge is 0.326 e. The van der Waals surface area contributed by atoms with Gasteiger partial charge in [-0.1, -0.05) is 12.1 Å². The molecule has 0 aliphatic rings. The second-order valence-corrected chi connectivity index (χ2v) is 3.44. The number of carboxylic acids is 2. The first-order valence-electron chi connectivity index (χ1n) is 4.92. The summed E-state index contributed by atoms with van der Waals surface area (Å²) in [5, 5.41) is 19.1. The van der Waals surface area contributed by atoms with E-state index in [1.54, 1.807) is 0 Å². The van der Waals surface area contributed by atoms with Crippen molar-refractivity contribution in [1.82, 2.24) is 5.32 Å². The first kappa shape index (κ1) is 13.6. The largest absolute Gasteiger partial charge is 0.481 e. The van der Waals surface area contributed by atoms with Crippen LogP contribution in [0.5, 0.6) is 0 Å². The summed E-state index contributed by atoms with van der Waals surface area (Å²) in [6, 6.07) is 3.39. The lowest BCUT2D eigenvalue weighted by molar-refractivity contribution is -0.145. The Labute approximate surface area is 101 Å². The lowest BCUT2D eigenvalue weighted by Gasteiger charge is -2.12. The molecular weight excluding hydrogens is 245 g/mol. The number of rotatable bonds is 5. The van der Waals surface area contributed by atoms with E-state index < -0.39 is 36.1 Å². The third-order valence-corrected chi connectivity index (χ3v) is 2.10. The zero-order chi connectivity index (χ0) is 13.7. The predicted molar refractivity (Wildman–Crippen MR) is 57.5 cm³/mol. The van der Waals surface area contributed by atoms with Crippen molar-refractivity contribution in [2.24, 2.45) is 0 Å². The van der Waals surface area contributed by atoms with Crippen LogP contribution in [0.4, 0.5) is 4.39 Å². The van der Waals surface area contributed by atoms with Crippen LogP contribution in [0, 0.1) is 5.82 Å². The van der Waals surface area contributed by atoms with E-state index in [2.05, 4.69) is 0 Å². The fourth-order valence-corrected chi connectivity index (χ4v) is 1.26. The van der Waals surface area contributed by atoms with Crippen molar-refractivity contribution in [1.29, 1.82) is 0 Å². The minimum absolute atomic E-state index is 0.339. The normalized spacial score (nSPS) is 11.6. The van der Waals surface area contributed by atoms with E-state index in [1.807, 2.05) is 5.32 Å².